The lowest BCUT2D eigenvalue weighted by Crippen LogP contribution is -2.58. The van der Waals surface area contributed by atoms with Crippen molar-refractivity contribution >= 4 is 16.7 Å². The molecule has 20 heavy (non-hydrogen) atoms. The number of likely N-dealkylation sites (N-methyl/N-ethyl adjacent to an activating group) is 1. The zero-order valence-electron chi connectivity index (χ0n) is 11.5. The van der Waals surface area contributed by atoms with Crippen LogP contribution in [0.3, 0.4) is 0 Å². The van der Waals surface area contributed by atoms with Crippen LogP contribution in [0.15, 0.2) is 36.4 Å². The molecule has 2 aromatic carbocycles. The average molecular weight is 270 g/mol. The van der Waals surface area contributed by atoms with Gasteiger partial charge in [0.1, 0.15) is 5.75 Å². The second-order valence-electron chi connectivity index (χ2n) is 5.09. The second-order valence-corrected chi connectivity index (χ2v) is 5.09. The molecule has 0 atom stereocenters. The standard InChI is InChI=1S/C16H18N2O2/c1-2-18(12-9-17-10-12)16(20)14-8-7-11-5-3-4-6-13(11)15(14)19/h3-8,12,17,19H,2,9-10H2,1H3. The number of phenols is 1. The van der Waals surface area contributed by atoms with E-state index in [1.54, 1.807) is 6.07 Å². The number of benzene rings is 2. The smallest absolute Gasteiger partial charge is 0.257 e. The van der Waals surface area contributed by atoms with Gasteiger partial charge in [0.05, 0.1) is 11.6 Å². The zero-order chi connectivity index (χ0) is 14.1. The Morgan fingerprint density at radius 3 is 2.70 bits per heavy atom. The van der Waals surface area contributed by atoms with Gasteiger partial charge in [0, 0.05) is 25.0 Å². The van der Waals surface area contributed by atoms with Crippen molar-refractivity contribution in [2.75, 3.05) is 19.6 Å². The third-order valence-corrected chi connectivity index (χ3v) is 3.93. The first-order chi connectivity index (χ1) is 9.72. The van der Waals surface area contributed by atoms with Crippen LogP contribution in [0.5, 0.6) is 5.75 Å². The minimum atomic E-state index is -0.0951. The van der Waals surface area contributed by atoms with Crippen molar-refractivity contribution in [1.82, 2.24) is 10.2 Å². The lowest BCUT2D eigenvalue weighted by molar-refractivity contribution is 0.0627. The van der Waals surface area contributed by atoms with E-state index in [-0.39, 0.29) is 17.7 Å². The number of nitrogens with one attached hydrogen (secondary N) is 1. The molecule has 3 rings (SSSR count). The van der Waals surface area contributed by atoms with Crippen molar-refractivity contribution in [3.8, 4) is 5.75 Å². The third-order valence-electron chi connectivity index (χ3n) is 3.93. The number of amides is 1. The van der Waals surface area contributed by atoms with Gasteiger partial charge in [-0.25, -0.2) is 0 Å². The van der Waals surface area contributed by atoms with Gasteiger partial charge < -0.3 is 15.3 Å². The van der Waals surface area contributed by atoms with Crippen LogP contribution in [-0.2, 0) is 0 Å². The molecule has 1 aliphatic rings. The molecule has 0 saturated carbocycles. The Kier molecular flexibility index (Phi) is 3.32. The highest BCUT2D eigenvalue weighted by Gasteiger charge is 2.29. The van der Waals surface area contributed by atoms with E-state index in [0.29, 0.717) is 12.1 Å². The quantitative estimate of drug-likeness (QED) is 0.896. The molecule has 0 unspecified atom stereocenters. The molecule has 1 saturated heterocycles. The van der Waals surface area contributed by atoms with Gasteiger partial charge in [0.15, 0.2) is 0 Å². The summed E-state index contributed by atoms with van der Waals surface area (Å²) in [6, 6.07) is 11.4. The minimum Gasteiger partial charge on any atom is -0.506 e. The maximum atomic E-state index is 12.6. The predicted octanol–water partition coefficient (Wildman–Crippen LogP) is 1.98. The number of fused-ring (bicyclic) bond motifs is 1. The summed E-state index contributed by atoms with van der Waals surface area (Å²) >= 11 is 0. The number of hydrogen-bond donors (Lipinski definition) is 2. The molecule has 0 aliphatic carbocycles. The lowest BCUT2D eigenvalue weighted by atomic mass is 10.0. The van der Waals surface area contributed by atoms with Gasteiger partial charge in [-0.15, -0.1) is 0 Å². The molecule has 4 nitrogen and oxygen atoms in total. The van der Waals surface area contributed by atoms with E-state index in [9.17, 15) is 9.90 Å². The van der Waals surface area contributed by atoms with Crippen LogP contribution >= 0.6 is 0 Å². The molecule has 104 valence electrons. The van der Waals surface area contributed by atoms with E-state index in [4.69, 9.17) is 0 Å². The topological polar surface area (TPSA) is 52.6 Å². The number of nitrogens with zero attached hydrogens (tertiary/aromatic N) is 1. The number of phenolic OH excluding ortho intramolecular Hbond substituents is 1. The first-order valence-electron chi connectivity index (χ1n) is 6.94. The fourth-order valence-electron chi connectivity index (χ4n) is 2.64. The number of aromatic hydroxyl groups is 1. The summed E-state index contributed by atoms with van der Waals surface area (Å²) in [6.07, 6.45) is 0. The Morgan fingerprint density at radius 2 is 2.05 bits per heavy atom. The number of rotatable bonds is 3. The number of hydrogen-bond acceptors (Lipinski definition) is 3. The molecular formula is C16H18N2O2. The monoisotopic (exact) mass is 270 g/mol. The SMILES string of the molecule is CCN(C(=O)c1ccc2ccccc2c1O)C1CNC1. The third kappa shape index (κ3) is 2.02. The van der Waals surface area contributed by atoms with Crippen LogP contribution in [-0.4, -0.2) is 41.6 Å². The highest BCUT2D eigenvalue weighted by molar-refractivity contribution is 6.03. The van der Waals surface area contributed by atoms with Crippen LogP contribution < -0.4 is 5.32 Å². The summed E-state index contributed by atoms with van der Waals surface area (Å²) in [5.74, 6) is -0.0129. The largest absolute Gasteiger partial charge is 0.506 e. The van der Waals surface area contributed by atoms with Crippen molar-refractivity contribution in [2.24, 2.45) is 0 Å². The van der Waals surface area contributed by atoms with Crippen LogP contribution in [0, 0.1) is 0 Å². The van der Waals surface area contributed by atoms with Gasteiger partial charge in [0.2, 0.25) is 0 Å². The molecule has 1 aliphatic heterocycles. The molecule has 1 amide bonds. The number of carbonyl (C=O) groups is 1. The van der Waals surface area contributed by atoms with Gasteiger partial charge >= 0.3 is 0 Å². The Hall–Kier alpha value is -2.07. The van der Waals surface area contributed by atoms with Gasteiger partial charge in [-0.3, -0.25) is 4.79 Å². The first-order valence-corrected chi connectivity index (χ1v) is 6.94. The van der Waals surface area contributed by atoms with Gasteiger partial charge in [-0.05, 0) is 18.4 Å². The maximum absolute atomic E-state index is 12.6. The van der Waals surface area contributed by atoms with Crippen molar-refractivity contribution in [2.45, 2.75) is 13.0 Å². The van der Waals surface area contributed by atoms with Gasteiger partial charge in [0.25, 0.3) is 5.91 Å². The van der Waals surface area contributed by atoms with Crippen LogP contribution in [0.4, 0.5) is 0 Å². The molecule has 4 heteroatoms. The van der Waals surface area contributed by atoms with E-state index < -0.39 is 0 Å². The Morgan fingerprint density at radius 1 is 1.30 bits per heavy atom. The molecule has 0 spiro atoms. The highest BCUT2D eigenvalue weighted by atomic mass is 16.3. The fraction of sp³-hybridized carbons (Fsp3) is 0.312. The average Bonchev–Trinajstić information content (AvgIpc) is 2.42. The maximum Gasteiger partial charge on any atom is 0.257 e. The van der Waals surface area contributed by atoms with E-state index in [0.717, 1.165) is 23.9 Å². The normalized spacial score (nSPS) is 15.1. The molecule has 1 heterocycles. The van der Waals surface area contributed by atoms with Crippen LogP contribution in [0.2, 0.25) is 0 Å². The molecule has 0 bridgehead atoms. The Labute approximate surface area is 118 Å². The van der Waals surface area contributed by atoms with E-state index in [2.05, 4.69) is 5.32 Å². The summed E-state index contributed by atoms with van der Waals surface area (Å²) in [4.78, 5) is 14.4. The van der Waals surface area contributed by atoms with Crippen molar-refractivity contribution in [1.29, 1.82) is 0 Å². The summed E-state index contributed by atoms with van der Waals surface area (Å²) < 4.78 is 0. The molecule has 1 fully saturated rings. The van der Waals surface area contributed by atoms with E-state index >= 15 is 0 Å². The Balaban J connectivity index is 2.00. The van der Waals surface area contributed by atoms with E-state index in [1.165, 1.54) is 0 Å². The number of carbonyl (C=O) groups excluding carboxylic acids is 1. The molecule has 0 radical (unpaired) electrons. The summed E-state index contributed by atoms with van der Waals surface area (Å²) in [5.41, 5.74) is 0.387. The van der Waals surface area contributed by atoms with E-state index in [1.807, 2.05) is 42.2 Å². The summed E-state index contributed by atoms with van der Waals surface area (Å²) in [6.45, 7) is 4.27. The first kappa shape index (κ1) is 12.9. The molecule has 2 N–H and O–H groups in total. The summed E-state index contributed by atoms with van der Waals surface area (Å²) in [7, 11) is 0. The van der Waals surface area contributed by atoms with Crippen molar-refractivity contribution < 1.29 is 9.90 Å². The minimum absolute atomic E-state index is 0.0823. The van der Waals surface area contributed by atoms with Crippen LogP contribution in [0.1, 0.15) is 17.3 Å². The molecule has 2 aromatic rings. The predicted molar refractivity (Wildman–Crippen MR) is 79.0 cm³/mol. The second kappa shape index (κ2) is 5.13. The van der Waals surface area contributed by atoms with Gasteiger partial charge in [-0.2, -0.15) is 0 Å². The molecular weight excluding hydrogens is 252 g/mol. The zero-order valence-corrected chi connectivity index (χ0v) is 11.5. The fourth-order valence-corrected chi connectivity index (χ4v) is 2.64. The van der Waals surface area contributed by atoms with Crippen molar-refractivity contribution in [3.05, 3.63) is 42.0 Å². The Bertz CT molecular complexity index is 650. The van der Waals surface area contributed by atoms with Crippen molar-refractivity contribution in [3.63, 3.8) is 0 Å². The van der Waals surface area contributed by atoms with Gasteiger partial charge in [-0.1, -0.05) is 30.3 Å². The lowest BCUT2D eigenvalue weighted by Gasteiger charge is -2.37. The summed E-state index contributed by atoms with van der Waals surface area (Å²) in [5, 5.41) is 15.2. The highest BCUT2D eigenvalue weighted by Crippen LogP contribution is 2.29. The van der Waals surface area contributed by atoms with Crippen LogP contribution in [0.25, 0.3) is 10.8 Å². The molecule has 0 aromatic heterocycles.